The molecule has 1 aliphatic heterocycles. The summed E-state index contributed by atoms with van der Waals surface area (Å²) in [4.78, 5) is 13.7. The van der Waals surface area contributed by atoms with Crippen LogP contribution in [0.1, 0.15) is 24.5 Å². The highest BCUT2D eigenvalue weighted by molar-refractivity contribution is 6.34. The number of carbonyl (C=O) groups is 1. The molecule has 104 valence electrons. The molecule has 19 heavy (non-hydrogen) atoms. The minimum atomic E-state index is -1.30. The van der Waals surface area contributed by atoms with Crippen LogP contribution in [0.15, 0.2) is 18.2 Å². The van der Waals surface area contributed by atoms with Gasteiger partial charge in [-0.2, -0.15) is 0 Å². The number of halogens is 2. The van der Waals surface area contributed by atoms with Gasteiger partial charge in [-0.05, 0) is 36.6 Å². The molecule has 1 aromatic carbocycles. The topological polar surface area (TPSA) is 60.8 Å². The maximum Gasteiger partial charge on any atom is 0.256 e. The lowest BCUT2D eigenvalue weighted by atomic mass is 10.1. The number of rotatable bonds is 3. The van der Waals surface area contributed by atoms with Crippen LogP contribution in [-0.2, 0) is 4.79 Å². The molecule has 2 rings (SSSR count). The Morgan fingerprint density at radius 2 is 2.00 bits per heavy atom. The summed E-state index contributed by atoms with van der Waals surface area (Å²) in [7, 11) is 0. The summed E-state index contributed by atoms with van der Waals surface area (Å²) in [6.07, 6.45) is 0.286. The second-order valence-electron chi connectivity index (χ2n) is 4.62. The molecule has 2 atom stereocenters. The van der Waals surface area contributed by atoms with Crippen LogP contribution in [0.5, 0.6) is 0 Å². The number of aliphatic hydroxyl groups excluding tert-OH is 2. The minimum absolute atomic E-state index is 0.0885. The summed E-state index contributed by atoms with van der Waals surface area (Å²) in [5.74, 6) is -0.421. The Labute approximate surface area is 121 Å². The summed E-state index contributed by atoms with van der Waals surface area (Å²) in [6.45, 7) is 0.462. The van der Waals surface area contributed by atoms with Crippen molar-refractivity contribution in [2.45, 2.75) is 25.0 Å². The van der Waals surface area contributed by atoms with Crippen LogP contribution in [0, 0.1) is 0 Å². The maximum absolute atomic E-state index is 12.2. The lowest BCUT2D eigenvalue weighted by Crippen LogP contribution is -2.40. The molecule has 1 heterocycles. The van der Waals surface area contributed by atoms with Crippen molar-refractivity contribution in [1.29, 1.82) is 0 Å². The van der Waals surface area contributed by atoms with E-state index in [2.05, 4.69) is 0 Å². The zero-order valence-corrected chi connectivity index (χ0v) is 11.7. The van der Waals surface area contributed by atoms with Gasteiger partial charge >= 0.3 is 0 Å². The molecule has 1 fully saturated rings. The van der Waals surface area contributed by atoms with Gasteiger partial charge in [-0.1, -0.05) is 23.2 Å². The Balaban J connectivity index is 2.18. The zero-order valence-electron chi connectivity index (χ0n) is 10.2. The van der Waals surface area contributed by atoms with E-state index in [4.69, 9.17) is 23.2 Å². The van der Waals surface area contributed by atoms with E-state index in [9.17, 15) is 15.0 Å². The molecule has 0 saturated carbocycles. The number of amides is 1. The Morgan fingerprint density at radius 3 is 2.58 bits per heavy atom. The predicted octanol–water partition coefficient (Wildman–Crippen LogP) is 2.01. The average molecular weight is 304 g/mol. The van der Waals surface area contributed by atoms with Crippen molar-refractivity contribution in [2.75, 3.05) is 13.2 Å². The lowest BCUT2D eigenvalue weighted by Gasteiger charge is -2.25. The molecular formula is C13H15Cl2NO3. The lowest BCUT2D eigenvalue weighted by molar-refractivity contribution is -0.142. The number of carbonyl (C=O) groups excluding carboxylic acids is 1. The SMILES string of the molecule is O=C([C@H](O)c1cc(Cl)cc(Cl)c1)N1CCC[C@H]1CO. The highest BCUT2D eigenvalue weighted by Gasteiger charge is 2.32. The average Bonchev–Trinajstić information content (AvgIpc) is 2.84. The van der Waals surface area contributed by atoms with Gasteiger partial charge in [0.05, 0.1) is 12.6 Å². The van der Waals surface area contributed by atoms with Gasteiger partial charge in [0, 0.05) is 16.6 Å². The smallest absolute Gasteiger partial charge is 0.256 e. The van der Waals surface area contributed by atoms with Crippen molar-refractivity contribution in [3.63, 3.8) is 0 Å². The van der Waals surface area contributed by atoms with Crippen molar-refractivity contribution < 1.29 is 15.0 Å². The summed E-state index contributed by atoms with van der Waals surface area (Å²) in [5.41, 5.74) is 0.367. The third-order valence-electron chi connectivity index (χ3n) is 3.31. The number of likely N-dealkylation sites (tertiary alicyclic amines) is 1. The first-order valence-corrected chi connectivity index (χ1v) is 6.84. The van der Waals surface area contributed by atoms with Crippen molar-refractivity contribution in [3.8, 4) is 0 Å². The first kappa shape index (κ1) is 14.6. The molecule has 4 nitrogen and oxygen atoms in total. The van der Waals surface area contributed by atoms with Crippen LogP contribution in [-0.4, -0.2) is 40.2 Å². The van der Waals surface area contributed by atoms with Gasteiger partial charge in [0.2, 0.25) is 0 Å². The van der Waals surface area contributed by atoms with Crippen molar-refractivity contribution in [1.82, 2.24) is 4.90 Å². The van der Waals surface area contributed by atoms with Gasteiger partial charge < -0.3 is 15.1 Å². The van der Waals surface area contributed by atoms with E-state index >= 15 is 0 Å². The minimum Gasteiger partial charge on any atom is -0.394 e. The monoisotopic (exact) mass is 303 g/mol. The van der Waals surface area contributed by atoms with E-state index in [0.29, 0.717) is 22.2 Å². The fourth-order valence-electron chi connectivity index (χ4n) is 2.35. The van der Waals surface area contributed by atoms with Gasteiger partial charge in [-0.3, -0.25) is 4.79 Å². The van der Waals surface area contributed by atoms with E-state index < -0.39 is 12.0 Å². The van der Waals surface area contributed by atoms with Gasteiger partial charge in [0.15, 0.2) is 6.10 Å². The van der Waals surface area contributed by atoms with E-state index in [1.165, 1.54) is 23.1 Å². The fourth-order valence-corrected chi connectivity index (χ4v) is 2.89. The van der Waals surface area contributed by atoms with Gasteiger partial charge in [-0.25, -0.2) is 0 Å². The van der Waals surface area contributed by atoms with Crippen LogP contribution in [0.25, 0.3) is 0 Å². The molecule has 2 N–H and O–H groups in total. The van der Waals surface area contributed by atoms with Crippen molar-refractivity contribution >= 4 is 29.1 Å². The Bertz CT molecular complexity index is 461. The van der Waals surface area contributed by atoms with Gasteiger partial charge in [0.25, 0.3) is 5.91 Å². The molecule has 6 heteroatoms. The fraction of sp³-hybridized carbons (Fsp3) is 0.462. The molecule has 0 bridgehead atoms. The third-order valence-corrected chi connectivity index (χ3v) is 3.74. The largest absolute Gasteiger partial charge is 0.394 e. The molecule has 1 aromatic rings. The highest BCUT2D eigenvalue weighted by Crippen LogP contribution is 2.27. The highest BCUT2D eigenvalue weighted by atomic mass is 35.5. The maximum atomic E-state index is 12.2. The van der Waals surface area contributed by atoms with E-state index in [0.717, 1.165) is 12.8 Å². The molecule has 1 amide bonds. The van der Waals surface area contributed by atoms with Crippen molar-refractivity contribution in [3.05, 3.63) is 33.8 Å². The first-order valence-electron chi connectivity index (χ1n) is 6.08. The van der Waals surface area contributed by atoms with E-state index in [1.807, 2.05) is 0 Å². The van der Waals surface area contributed by atoms with E-state index in [-0.39, 0.29) is 12.6 Å². The van der Waals surface area contributed by atoms with Crippen LogP contribution >= 0.6 is 23.2 Å². The molecule has 0 aliphatic carbocycles. The Kier molecular flexibility index (Phi) is 4.68. The standard InChI is InChI=1S/C13H15Cl2NO3/c14-9-4-8(5-10(15)6-9)12(18)13(19)16-3-1-2-11(16)7-17/h4-6,11-12,17-18H,1-3,7H2/t11-,12+/m0/s1. The van der Waals surface area contributed by atoms with E-state index in [1.54, 1.807) is 0 Å². The molecule has 1 aliphatic rings. The van der Waals surface area contributed by atoms with Gasteiger partial charge in [-0.15, -0.1) is 0 Å². The van der Waals surface area contributed by atoms with Crippen LogP contribution in [0.2, 0.25) is 10.0 Å². The third kappa shape index (κ3) is 3.20. The first-order chi connectivity index (χ1) is 9.02. The zero-order chi connectivity index (χ0) is 14.0. The number of benzene rings is 1. The molecule has 0 spiro atoms. The summed E-state index contributed by atoms with van der Waals surface area (Å²) in [6, 6.07) is 4.35. The van der Waals surface area contributed by atoms with Gasteiger partial charge in [0.1, 0.15) is 0 Å². The second kappa shape index (κ2) is 6.09. The number of nitrogens with zero attached hydrogens (tertiary/aromatic N) is 1. The molecule has 0 radical (unpaired) electrons. The second-order valence-corrected chi connectivity index (χ2v) is 5.49. The molecular weight excluding hydrogens is 289 g/mol. The number of aliphatic hydroxyl groups is 2. The summed E-state index contributed by atoms with van der Waals surface area (Å²) < 4.78 is 0. The summed E-state index contributed by atoms with van der Waals surface area (Å²) >= 11 is 11.7. The quantitative estimate of drug-likeness (QED) is 0.898. The normalized spacial score (nSPS) is 20.6. The van der Waals surface area contributed by atoms with Crippen LogP contribution < -0.4 is 0 Å². The molecule has 0 unspecified atom stereocenters. The summed E-state index contributed by atoms with van der Waals surface area (Å²) in [5, 5.41) is 20.1. The Hall–Kier alpha value is -0.810. The van der Waals surface area contributed by atoms with Crippen LogP contribution in [0.3, 0.4) is 0 Å². The predicted molar refractivity (Wildman–Crippen MR) is 73.2 cm³/mol. The Morgan fingerprint density at radius 1 is 1.37 bits per heavy atom. The molecule has 0 aromatic heterocycles. The van der Waals surface area contributed by atoms with Crippen molar-refractivity contribution in [2.24, 2.45) is 0 Å². The molecule has 1 saturated heterocycles. The van der Waals surface area contributed by atoms with Crippen LogP contribution in [0.4, 0.5) is 0 Å². The number of hydrogen-bond donors (Lipinski definition) is 2. The number of hydrogen-bond acceptors (Lipinski definition) is 3.